The molecule has 2 amide bonds. The fourth-order valence-electron chi connectivity index (χ4n) is 5.15. The molecule has 2 fully saturated rings. The molecular weight excluding hydrogens is 408 g/mol. The van der Waals surface area contributed by atoms with Crippen LogP contribution in [0.3, 0.4) is 0 Å². The lowest BCUT2D eigenvalue weighted by atomic mass is 9.94. The predicted molar refractivity (Wildman–Crippen MR) is 127 cm³/mol. The highest BCUT2D eigenvalue weighted by molar-refractivity contribution is 7.80. The number of unbranched alkanes of at least 4 members (excludes halogenated alkanes) is 2. The minimum absolute atomic E-state index is 0.0162. The second-order valence-corrected chi connectivity index (χ2v) is 9.42. The second kappa shape index (κ2) is 10.6. The molecule has 2 aliphatic carbocycles. The number of rotatable bonds is 7. The van der Waals surface area contributed by atoms with Gasteiger partial charge in [0.05, 0.1) is 11.6 Å². The van der Waals surface area contributed by atoms with Crippen LogP contribution in [0.5, 0.6) is 0 Å². The molecule has 31 heavy (non-hydrogen) atoms. The van der Waals surface area contributed by atoms with Gasteiger partial charge in [-0.15, -0.1) is 0 Å². The van der Waals surface area contributed by atoms with Crippen molar-refractivity contribution >= 4 is 34.9 Å². The third-order valence-corrected chi connectivity index (χ3v) is 7.33. The fourth-order valence-corrected chi connectivity index (χ4v) is 5.44. The molecule has 0 aromatic heterocycles. The Bertz CT molecular complexity index is 776. The fraction of sp³-hybridized carbons (Fsp3) is 0.667. The Balaban J connectivity index is 1.13. The first-order chi connectivity index (χ1) is 15.1. The Morgan fingerprint density at radius 2 is 1.81 bits per heavy atom. The summed E-state index contributed by atoms with van der Waals surface area (Å²) in [6.45, 7) is 4.37. The van der Waals surface area contributed by atoms with Crippen LogP contribution in [0, 0.1) is 5.92 Å². The quantitative estimate of drug-likeness (QED) is 0.448. The summed E-state index contributed by atoms with van der Waals surface area (Å²) in [5.74, 6) is -0.00527. The lowest BCUT2D eigenvalue weighted by Gasteiger charge is -2.40. The summed E-state index contributed by atoms with van der Waals surface area (Å²) in [7, 11) is 0. The van der Waals surface area contributed by atoms with Gasteiger partial charge in [0.25, 0.3) is 0 Å². The molecule has 0 N–H and O–H groups in total. The van der Waals surface area contributed by atoms with E-state index >= 15 is 0 Å². The number of carbonyl (C=O) groups is 2. The summed E-state index contributed by atoms with van der Waals surface area (Å²) in [6.07, 6.45) is 17.5. The highest BCUT2D eigenvalue weighted by atomic mass is 32.1. The van der Waals surface area contributed by atoms with E-state index in [0.717, 1.165) is 57.2 Å². The van der Waals surface area contributed by atoms with Gasteiger partial charge in [-0.1, -0.05) is 43.9 Å². The van der Waals surface area contributed by atoms with Gasteiger partial charge >= 0.3 is 0 Å². The maximum absolute atomic E-state index is 12.7. The average molecular weight is 443 g/mol. The Morgan fingerprint density at radius 3 is 2.58 bits per heavy atom. The lowest BCUT2D eigenvalue weighted by Crippen LogP contribution is -2.52. The van der Waals surface area contributed by atoms with Crippen molar-refractivity contribution in [3.63, 3.8) is 0 Å². The maximum atomic E-state index is 12.7. The average Bonchev–Trinajstić information content (AvgIpc) is 2.81. The molecule has 0 aromatic rings. The zero-order valence-electron chi connectivity index (χ0n) is 18.4. The monoisotopic (exact) mass is 442 g/mol. The van der Waals surface area contributed by atoms with Gasteiger partial charge in [0.2, 0.25) is 16.9 Å². The molecular formula is C24H34N4O2S. The Morgan fingerprint density at radius 1 is 1.03 bits per heavy atom. The van der Waals surface area contributed by atoms with E-state index in [9.17, 15) is 9.59 Å². The molecule has 1 saturated heterocycles. The number of thiocarbonyl (C=S) groups is 1. The molecule has 0 bridgehead atoms. The van der Waals surface area contributed by atoms with E-state index in [2.05, 4.69) is 9.89 Å². The number of amides is 2. The van der Waals surface area contributed by atoms with Gasteiger partial charge in [-0.3, -0.25) is 19.4 Å². The van der Waals surface area contributed by atoms with Crippen molar-refractivity contribution in [3.05, 3.63) is 24.3 Å². The molecule has 168 valence electrons. The van der Waals surface area contributed by atoms with E-state index in [1.807, 2.05) is 29.2 Å². The van der Waals surface area contributed by atoms with Crippen LogP contribution in [0.25, 0.3) is 0 Å². The lowest BCUT2D eigenvalue weighted by molar-refractivity contribution is -0.133. The van der Waals surface area contributed by atoms with Crippen LogP contribution in [0.4, 0.5) is 0 Å². The van der Waals surface area contributed by atoms with Crippen LogP contribution in [-0.2, 0) is 9.59 Å². The molecule has 6 nitrogen and oxygen atoms in total. The first-order valence-corrected chi connectivity index (χ1v) is 12.3. The van der Waals surface area contributed by atoms with Crippen LogP contribution in [0.2, 0.25) is 0 Å². The van der Waals surface area contributed by atoms with Crippen molar-refractivity contribution in [2.24, 2.45) is 10.9 Å². The molecule has 1 unspecified atom stereocenters. The number of fused-ring (bicyclic) bond motifs is 1. The van der Waals surface area contributed by atoms with Gasteiger partial charge in [0.15, 0.2) is 0 Å². The smallest absolute Gasteiger partial charge is 0.241 e. The number of allylic oxidation sites excluding steroid dienone is 3. The topological polar surface area (TPSA) is 56.2 Å². The SMILES string of the molecule is O=C(CCCCCN1C(=O)C2C=CC=CC2=NC1=S)N1CCN(C2CCCCC2)CC1. The largest absolute Gasteiger partial charge is 0.340 e. The molecule has 1 saturated carbocycles. The number of piperazine rings is 1. The molecule has 4 aliphatic rings. The summed E-state index contributed by atoms with van der Waals surface area (Å²) in [4.78, 5) is 36.0. The van der Waals surface area contributed by atoms with E-state index < -0.39 is 0 Å². The number of hydrogen-bond acceptors (Lipinski definition) is 4. The van der Waals surface area contributed by atoms with E-state index in [1.165, 1.54) is 32.1 Å². The Labute approximate surface area is 191 Å². The van der Waals surface area contributed by atoms with Crippen molar-refractivity contribution in [1.29, 1.82) is 0 Å². The Hall–Kier alpha value is -1.86. The standard InChI is InChI=1S/C24H34N4O2S/c29-22(27-17-15-26(16-18-27)19-9-3-1-4-10-19)13-5-2-8-14-28-23(30)20-11-6-7-12-21(20)25-24(28)31/h6-7,11-12,19-20H,1-5,8-10,13-18H2. The van der Waals surface area contributed by atoms with Crippen molar-refractivity contribution in [1.82, 2.24) is 14.7 Å². The molecule has 0 spiro atoms. The van der Waals surface area contributed by atoms with E-state index in [-0.39, 0.29) is 17.7 Å². The van der Waals surface area contributed by atoms with Crippen molar-refractivity contribution in [2.45, 2.75) is 63.8 Å². The van der Waals surface area contributed by atoms with Crippen molar-refractivity contribution < 1.29 is 9.59 Å². The van der Waals surface area contributed by atoms with Crippen molar-refractivity contribution in [2.75, 3.05) is 32.7 Å². The van der Waals surface area contributed by atoms with Crippen LogP contribution in [0.1, 0.15) is 57.8 Å². The summed E-state index contributed by atoms with van der Waals surface area (Å²) in [6, 6.07) is 0.745. The van der Waals surface area contributed by atoms with Crippen LogP contribution in [-0.4, -0.2) is 76.1 Å². The molecule has 2 heterocycles. The normalized spacial score (nSPS) is 25.0. The van der Waals surface area contributed by atoms with Gasteiger partial charge < -0.3 is 4.90 Å². The maximum Gasteiger partial charge on any atom is 0.241 e. The van der Waals surface area contributed by atoms with Gasteiger partial charge in [0.1, 0.15) is 0 Å². The third-order valence-electron chi connectivity index (χ3n) is 7.02. The Kier molecular flexibility index (Phi) is 7.67. The minimum atomic E-state index is -0.300. The highest BCUT2D eigenvalue weighted by Crippen LogP contribution is 2.24. The number of nitrogens with zero attached hydrogens (tertiary/aromatic N) is 4. The summed E-state index contributed by atoms with van der Waals surface area (Å²) >= 11 is 5.33. The van der Waals surface area contributed by atoms with Crippen LogP contribution >= 0.6 is 12.2 Å². The predicted octanol–water partition coefficient (Wildman–Crippen LogP) is 3.33. The summed E-state index contributed by atoms with van der Waals surface area (Å²) in [5.41, 5.74) is 0.739. The molecule has 1 atom stereocenters. The molecule has 2 aliphatic heterocycles. The first kappa shape index (κ1) is 22.3. The summed E-state index contributed by atoms with van der Waals surface area (Å²) < 4.78 is 0. The van der Waals surface area contributed by atoms with Gasteiger partial charge in [-0.2, -0.15) is 0 Å². The van der Waals surface area contributed by atoms with Gasteiger partial charge in [-0.25, -0.2) is 4.99 Å². The number of hydrogen-bond donors (Lipinski definition) is 0. The zero-order valence-corrected chi connectivity index (χ0v) is 19.2. The van der Waals surface area contributed by atoms with E-state index in [1.54, 1.807) is 4.90 Å². The van der Waals surface area contributed by atoms with Gasteiger partial charge in [-0.05, 0) is 44.0 Å². The van der Waals surface area contributed by atoms with E-state index in [4.69, 9.17) is 12.2 Å². The first-order valence-electron chi connectivity index (χ1n) is 11.9. The molecule has 7 heteroatoms. The van der Waals surface area contributed by atoms with Gasteiger partial charge in [0, 0.05) is 45.2 Å². The number of aliphatic imine (C=N–C) groups is 1. The summed E-state index contributed by atoms with van der Waals surface area (Å²) in [5, 5.41) is 0.364. The second-order valence-electron chi connectivity index (χ2n) is 9.05. The minimum Gasteiger partial charge on any atom is -0.340 e. The molecule has 4 rings (SSSR count). The zero-order chi connectivity index (χ0) is 21.6. The number of carbonyl (C=O) groups excluding carboxylic acids is 2. The highest BCUT2D eigenvalue weighted by Gasteiger charge is 2.33. The van der Waals surface area contributed by atoms with Crippen LogP contribution in [0.15, 0.2) is 29.3 Å². The van der Waals surface area contributed by atoms with Crippen molar-refractivity contribution in [3.8, 4) is 0 Å². The van der Waals surface area contributed by atoms with E-state index in [0.29, 0.717) is 18.1 Å². The molecule has 0 aromatic carbocycles. The third kappa shape index (κ3) is 5.50. The molecule has 0 radical (unpaired) electrons. The van der Waals surface area contributed by atoms with Crippen LogP contribution < -0.4 is 0 Å².